The van der Waals surface area contributed by atoms with E-state index >= 15 is 0 Å². The normalized spacial score (nSPS) is 8.25. The molecule has 0 aliphatic carbocycles. The van der Waals surface area contributed by atoms with E-state index in [-0.39, 0.29) is 0 Å². The van der Waals surface area contributed by atoms with Crippen molar-refractivity contribution in [1.29, 1.82) is 5.53 Å². The van der Waals surface area contributed by atoms with E-state index in [0.29, 0.717) is 0 Å². The molecule has 1 N–H and O–H groups in total. The fourth-order valence-corrected chi connectivity index (χ4v) is 0.651. The van der Waals surface area contributed by atoms with Gasteiger partial charge in [0.2, 0.25) is 0 Å². The van der Waals surface area contributed by atoms with Gasteiger partial charge in [-0.05, 0) is 0 Å². The Morgan fingerprint density at radius 3 is 2.62 bits per heavy atom. The molecule has 0 radical (unpaired) electrons. The molecule has 0 aliphatic rings. The summed E-state index contributed by atoms with van der Waals surface area (Å²) in [6.07, 6.45) is 0. The van der Waals surface area contributed by atoms with Crippen LogP contribution in [0.4, 0.5) is 0 Å². The number of nitrogens with one attached hydrogen (secondary N) is 1. The van der Waals surface area contributed by atoms with Crippen LogP contribution in [0.2, 0.25) is 0 Å². The van der Waals surface area contributed by atoms with Gasteiger partial charge in [-0.25, -0.2) is 0 Å². The van der Waals surface area contributed by atoms with Crippen molar-refractivity contribution >= 4 is 22.6 Å². The largest absolute Gasteiger partial charge is 0.254 e. The van der Waals surface area contributed by atoms with E-state index in [1.807, 2.05) is 0 Å². The van der Waals surface area contributed by atoms with Crippen LogP contribution in [0.1, 0.15) is 0 Å². The Kier molecular flexibility index (Phi) is 3.76. The van der Waals surface area contributed by atoms with E-state index in [9.17, 15) is 0 Å². The fraction of sp³-hybridized carbons (Fsp3) is 0.500. The Bertz CT molecular complexity index is 101. The van der Waals surface area contributed by atoms with Crippen molar-refractivity contribution in [3.63, 3.8) is 0 Å². The van der Waals surface area contributed by atoms with Gasteiger partial charge in [0.25, 0.3) is 0 Å². The van der Waals surface area contributed by atoms with Gasteiger partial charge in [-0.3, -0.25) is 5.01 Å². The average Bonchev–Trinajstić information content (AvgIpc) is 1.84. The maximum Gasteiger partial charge on any atom is 0.0411 e. The van der Waals surface area contributed by atoms with Gasteiger partial charge in [0, 0.05) is 17.2 Å². The van der Waals surface area contributed by atoms with Crippen molar-refractivity contribution in [2.24, 2.45) is 5.22 Å². The van der Waals surface area contributed by atoms with Crippen LogP contribution < -0.4 is 0 Å². The first-order valence-corrected chi connectivity index (χ1v) is 3.59. The lowest BCUT2D eigenvalue weighted by Gasteiger charge is -2.09. The highest BCUT2D eigenvalue weighted by molar-refractivity contribution is 14.1. The van der Waals surface area contributed by atoms with E-state index in [1.165, 1.54) is 5.01 Å². The van der Waals surface area contributed by atoms with Crippen LogP contribution in [0.25, 0.3) is 0 Å². The first-order valence-electron chi connectivity index (χ1n) is 2.07. The minimum atomic E-state index is 0.816. The minimum absolute atomic E-state index is 0.816. The molecule has 8 heavy (non-hydrogen) atoms. The van der Waals surface area contributed by atoms with Crippen molar-refractivity contribution in [1.82, 2.24) is 5.01 Å². The Morgan fingerprint density at radius 2 is 2.50 bits per heavy atom. The molecule has 0 fully saturated rings. The number of allylic oxidation sites excluding steroid dienone is 1. The number of halogens is 1. The summed E-state index contributed by atoms with van der Waals surface area (Å²) in [5.41, 5.74) is 7.38. The van der Waals surface area contributed by atoms with Crippen molar-refractivity contribution in [2.45, 2.75) is 0 Å². The Labute approximate surface area is 62.4 Å². The Hall–Kier alpha value is -0.130. The molecule has 0 aromatic carbocycles. The molecule has 46 valence electrons. The van der Waals surface area contributed by atoms with Gasteiger partial charge in [0.1, 0.15) is 0 Å². The third kappa shape index (κ3) is 2.25. The zero-order valence-electron chi connectivity index (χ0n) is 4.69. The predicted molar refractivity (Wildman–Crippen MR) is 40.9 cm³/mol. The molecule has 0 rings (SSSR count). The van der Waals surface area contributed by atoms with Gasteiger partial charge in [0.05, 0.1) is 0 Å². The first-order chi connectivity index (χ1) is 3.72. The van der Waals surface area contributed by atoms with Gasteiger partial charge in [0.15, 0.2) is 0 Å². The maximum atomic E-state index is 6.53. The highest BCUT2D eigenvalue weighted by Crippen LogP contribution is 2.01. The molecule has 0 aromatic rings. The molecular formula is C4H8IN3. The lowest BCUT2D eigenvalue weighted by atomic mass is 10.6. The molecular weight excluding hydrogens is 217 g/mol. The van der Waals surface area contributed by atoms with Gasteiger partial charge < -0.3 is 0 Å². The first kappa shape index (κ1) is 7.87. The summed E-state index contributed by atoms with van der Waals surface area (Å²) in [6.45, 7) is 3.65. The molecule has 0 unspecified atom stereocenters. The second kappa shape index (κ2) is 3.82. The average molecular weight is 225 g/mol. The molecule has 0 aliphatic heterocycles. The highest BCUT2D eigenvalue weighted by Gasteiger charge is 1.93. The topological polar surface area (TPSA) is 39.5 Å². The third-order valence-corrected chi connectivity index (χ3v) is 1.64. The van der Waals surface area contributed by atoms with Gasteiger partial charge in [-0.2, -0.15) is 5.53 Å². The number of hydrogen-bond donors (Lipinski definition) is 1. The highest BCUT2D eigenvalue weighted by atomic mass is 127. The molecule has 0 atom stereocenters. The second-order valence-corrected chi connectivity index (χ2v) is 2.09. The summed E-state index contributed by atoms with van der Waals surface area (Å²) >= 11 is 2.17. The van der Waals surface area contributed by atoms with Crippen LogP contribution >= 0.6 is 22.6 Å². The van der Waals surface area contributed by atoms with Gasteiger partial charge in [-0.1, -0.05) is 34.4 Å². The standard InChI is InChI=1S/C4H8IN3/c1-4(3-5)8(2)7-6/h6H,1,3H2,2H3. The maximum absolute atomic E-state index is 6.53. The van der Waals surface area contributed by atoms with E-state index in [1.54, 1.807) is 7.05 Å². The van der Waals surface area contributed by atoms with Crippen molar-refractivity contribution in [3.05, 3.63) is 12.3 Å². The summed E-state index contributed by atoms with van der Waals surface area (Å²) < 4.78 is 0.816. The molecule has 0 saturated heterocycles. The van der Waals surface area contributed by atoms with Crippen molar-refractivity contribution in [3.8, 4) is 0 Å². The smallest absolute Gasteiger partial charge is 0.0411 e. The third-order valence-electron chi connectivity index (χ3n) is 0.762. The zero-order chi connectivity index (χ0) is 6.57. The lowest BCUT2D eigenvalue weighted by molar-refractivity contribution is 0.408. The molecule has 0 spiro atoms. The van der Waals surface area contributed by atoms with E-state index < -0.39 is 0 Å². The SMILES string of the molecule is C=C(CI)N(C)N=N. The monoisotopic (exact) mass is 225 g/mol. The summed E-state index contributed by atoms with van der Waals surface area (Å²) in [6, 6.07) is 0. The van der Waals surface area contributed by atoms with Crippen LogP contribution in [0.5, 0.6) is 0 Å². The van der Waals surface area contributed by atoms with E-state index in [2.05, 4.69) is 34.4 Å². The van der Waals surface area contributed by atoms with Crippen molar-refractivity contribution < 1.29 is 0 Å². The molecule has 0 aromatic heterocycles. The summed E-state index contributed by atoms with van der Waals surface area (Å²) in [4.78, 5) is 0. The molecule has 0 heterocycles. The molecule has 3 nitrogen and oxygen atoms in total. The Balaban J connectivity index is 3.62. The molecule has 0 amide bonds. The van der Waals surface area contributed by atoms with E-state index in [0.717, 1.165) is 10.1 Å². The van der Waals surface area contributed by atoms with Crippen LogP contribution in [0.15, 0.2) is 17.5 Å². The van der Waals surface area contributed by atoms with Crippen LogP contribution in [-0.2, 0) is 0 Å². The van der Waals surface area contributed by atoms with Crippen LogP contribution in [0.3, 0.4) is 0 Å². The number of rotatable bonds is 3. The summed E-state index contributed by atoms with van der Waals surface area (Å²) in [5.74, 6) is 0. The summed E-state index contributed by atoms with van der Waals surface area (Å²) in [5, 5.41) is 4.58. The molecule has 4 heteroatoms. The number of alkyl halides is 1. The van der Waals surface area contributed by atoms with Gasteiger partial charge in [-0.15, -0.1) is 0 Å². The predicted octanol–water partition coefficient (Wildman–Crippen LogP) is 1.81. The van der Waals surface area contributed by atoms with E-state index in [4.69, 9.17) is 5.53 Å². The van der Waals surface area contributed by atoms with Crippen molar-refractivity contribution in [2.75, 3.05) is 11.5 Å². The van der Waals surface area contributed by atoms with Crippen LogP contribution in [0, 0.1) is 5.53 Å². The minimum Gasteiger partial charge on any atom is -0.254 e. The quantitative estimate of drug-likeness (QED) is 0.338. The Morgan fingerprint density at radius 1 is 2.00 bits per heavy atom. The summed E-state index contributed by atoms with van der Waals surface area (Å²) in [7, 11) is 1.70. The lowest BCUT2D eigenvalue weighted by Crippen LogP contribution is -2.08. The fourth-order valence-electron chi connectivity index (χ4n) is 0.157. The molecule has 0 saturated carbocycles. The second-order valence-electron chi connectivity index (χ2n) is 1.32. The number of hydrogen-bond acceptors (Lipinski definition) is 2. The van der Waals surface area contributed by atoms with Crippen LogP contribution in [-0.4, -0.2) is 16.5 Å². The zero-order valence-corrected chi connectivity index (χ0v) is 6.84. The molecule has 0 bridgehead atoms. The van der Waals surface area contributed by atoms with Gasteiger partial charge >= 0.3 is 0 Å². The number of nitrogens with zero attached hydrogens (tertiary/aromatic N) is 2.